The molecule has 1 spiro atoms. The number of hydrogen-bond donors (Lipinski definition) is 0. The second kappa shape index (κ2) is 10.6. The van der Waals surface area contributed by atoms with E-state index in [1.165, 1.54) is 5.56 Å². The summed E-state index contributed by atoms with van der Waals surface area (Å²) in [7, 11) is 0. The van der Waals surface area contributed by atoms with Gasteiger partial charge in [-0.15, -0.1) is 0 Å². The molecule has 5 rings (SSSR count). The third kappa shape index (κ3) is 4.97. The molecule has 0 saturated carbocycles. The van der Waals surface area contributed by atoms with Crippen LogP contribution in [0.15, 0.2) is 52.9 Å². The topological polar surface area (TPSA) is 72.2 Å². The summed E-state index contributed by atoms with van der Waals surface area (Å²) in [6.45, 7) is 7.72. The van der Waals surface area contributed by atoms with Gasteiger partial charge in [0.05, 0.1) is 19.7 Å². The fraction of sp³-hybridized carbons (Fsp3) is 0.467. The summed E-state index contributed by atoms with van der Waals surface area (Å²) in [5.41, 5.74) is 1.61. The van der Waals surface area contributed by atoms with Crippen molar-refractivity contribution in [1.82, 2.24) is 9.80 Å². The number of morpholine rings is 1. The molecule has 1 atom stereocenters. The standard InChI is InChI=1S/C30H36N2O5/c1-21(2)32-17-18-35-25-13-6-4-10-23(25)11-8-9-15-30(29(32)34)20-31(16-19-36-30)28(33)27-22(3)24-12-5-7-14-26(24)37-27/h4-7,10,12-14,21H,8-9,11,15-20H2,1-3H3. The Balaban J connectivity index is 1.43. The molecule has 1 unspecified atom stereocenters. The molecule has 2 aliphatic heterocycles. The lowest BCUT2D eigenvalue weighted by Gasteiger charge is -2.44. The van der Waals surface area contributed by atoms with Crippen LogP contribution in [-0.4, -0.2) is 66.1 Å². The summed E-state index contributed by atoms with van der Waals surface area (Å²) in [5.74, 6) is 0.966. The Morgan fingerprint density at radius 3 is 2.59 bits per heavy atom. The third-order valence-electron chi connectivity index (χ3n) is 7.62. The molecular weight excluding hydrogens is 468 g/mol. The number of amides is 2. The van der Waals surface area contributed by atoms with Gasteiger partial charge in [0, 0.05) is 23.5 Å². The normalized spacial score (nSPS) is 21.5. The Kier molecular flexibility index (Phi) is 7.24. The van der Waals surface area contributed by atoms with Gasteiger partial charge in [-0.1, -0.05) is 36.4 Å². The van der Waals surface area contributed by atoms with Crippen LogP contribution in [0.5, 0.6) is 5.75 Å². The van der Waals surface area contributed by atoms with Crippen LogP contribution in [0.2, 0.25) is 0 Å². The van der Waals surface area contributed by atoms with E-state index in [9.17, 15) is 9.59 Å². The predicted octanol–water partition coefficient (Wildman–Crippen LogP) is 4.99. The van der Waals surface area contributed by atoms with Crippen LogP contribution in [0.4, 0.5) is 0 Å². The maximum absolute atomic E-state index is 14.1. The molecule has 1 aromatic heterocycles. The van der Waals surface area contributed by atoms with E-state index in [4.69, 9.17) is 13.9 Å². The first-order valence-corrected chi connectivity index (χ1v) is 13.3. The highest BCUT2D eigenvalue weighted by Gasteiger charge is 2.47. The van der Waals surface area contributed by atoms with Gasteiger partial charge in [-0.3, -0.25) is 9.59 Å². The molecule has 2 amide bonds. The highest BCUT2D eigenvalue weighted by Crippen LogP contribution is 2.32. The smallest absolute Gasteiger partial charge is 0.290 e. The van der Waals surface area contributed by atoms with Gasteiger partial charge in [-0.05, 0) is 64.2 Å². The lowest BCUT2D eigenvalue weighted by Crippen LogP contribution is -2.63. The number of ether oxygens (including phenoxy) is 2. The van der Waals surface area contributed by atoms with Gasteiger partial charge in [-0.2, -0.15) is 0 Å². The Bertz CT molecular complexity index is 1280. The van der Waals surface area contributed by atoms with Crippen molar-refractivity contribution in [2.75, 3.05) is 32.8 Å². The maximum atomic E-state index is 14.1. The number of rotatable bonds is 2. The van der Waals surface area contributed by atoms with Crippen molar-refractivity contribution >= 4 is 22.8 Å². The number of furan rings is 1. The Morgan fingerprint density at radius 1 is 1.00 bits per heavy atom. The molecule has 2 aliphatic rings. The van der Waals surface area contributed by atoms with Crippen LogP contribution < -0.4 is 4.74 Å². The number of hydrogen-bond acceptors (Lipinski definition) is 5. The monoisotopic (exact) mass is 504 g/mol. The van der Waals surface area contributed by atoms with E-state index in [1.807, 2.05) is 68.1 Å². The van der Waals surface area contributed by atoms with Gasteiger partial charge in [0.25, 0.3) is 11.8 Å². The first-order valence-electron chi connectivity index (χ1n) is 13.3. The first-order chi connectivity index (χ1) is 17.9. The van der Waals surface area contributed by atoms with Crippen LogP contribution in [0.3, 0.4) is 0 Å². The van der Waals surface area contributed by atoms with Crippen molar-refractivity contribution in [3.8, 4) is 5.75 Å². The molecule has 0 radical (unpaired) electrons. The molecule has 0 N–H and O–H groups in total. The lowest BCUT2D eigenvalue weighted by molar-refractivity contribution is -0.172. The van der Waals surface area contributed by atoms with Gasteiger partial charge in [-0.25, -0.2) is 0 Å². The van der Waals surface area contributed by atoms with Crippen molar-refractivity contribution in [2.24, 2.45) is 0 Å². The number of carbonyl (C=O) groups is 2. The minimum atomic E-state index is -1.09. The predicted molar refractivity (Wildman–Crippen MR) is 142 cm³/mol. The van der Waals surface area contributed by atoms with Crippen molar-refractivity contribution in [1.29, 1.82) is 0 Å². The number of nitrogens with zero attached hydrogens (tertiary/aromatic N) is 2. The zero-order valence-electron chi connectivity index (χ0n) is 22.0. The second-order valence-corrected chi connectivity index (χ2v) is 10.4. The number of fused-ring (bicyclic) bond motifs is 2. The maximum Gasteiger partial charge on any atom is 0.290 e. The van der Waals surface area contributed by atoms with Crippen LogP contribution in [0.25, 0.3) is 11.0 Å². The Hall–Kier alpha value is -3.32. The number of carbonyl (C=O) groups excluding carboxylic acids is 2. The summed E-state index contributed by atoms with van der Waals surface area (Å²) in [5, 5.41) is 0.933. The number of benzene rings is 2. The molecule has 1 saturated heterocycles. The van der Waals surface area contributed by atoms with E-state index >= 15 is 0 Å². The van der Waals surface area contributed by atoms with Crippen molar-refractivity contribution in [3.63, 3.8) is 0 Å². The van der Waals surface area contributed by atoms with Gasteiger partial charge < -0.3 is 23.7 Å². The molecule has 37 heavy (non-hydrogen) atoms. The molecule has 196 valence electrons. The summed E-state index contributed by atoms with van der Waals surface area (Å²) >= 11 is 0. The zero-order chi connectivity index (χ0) is 26.0. The fourth-order valence-corrected chi connectivity index (χ4v) is 5.55. The SMILES string of the molecule is Cc1c(C(=O)N2CCOC3(CCCCc4ccccc4OCCN(C(C)C)C3=O)C2)oc2ccccc12. The van der Waals surface area contributed by atoms with Crippen LogP contribution in [-0.2, 0) is 16.0 Å². The average molecular weight is 505 g/mol. The zero-order valence-corrected chi connectivity index (χ0v) is 22.0. The largest absolute Gasteiger partial charge is 0.491 e. The summed E-state index contributed by atoms with van der Waals surface area (Å²) in [6, 6.07) is 15.8. The molecule has 2 aromatic carbocycles. The van der Waals surface area contributed by atoms with Gasteiger partial charge in [0.15, 0.2) is 11.4 Å². The van der Waals surface area contributed by atoms with Crippen molar-refractivity contribution < 1.29 is 23.5 Å². The van der Waals surface area contributed by atoms with Crippen LogP contribution >= 0.6 is 0 Å². The van der Waals surface area contributed by atoms with E-state index in [2.05, 4.69) is 6.07 Å². The van der Waals surface area contributed by atoms with Gasteiger partial charge in [0.2, 0.25) is 0 Å². The molecule has 1 fully saturated rings. The first kappa shape index (κ1) is 25.3. The van der Waals surface area contributed by atoms with E-state index in [1.54, 1.807) is 4.90 Å². The summed E-state index contributed by atoms with van der Waals surface area (Å²) in [6.07, 6.45) is 3.13. The van der Waals surface area contributed by atoms with Gasteiger partial charge in [0.1, 0.15) is 17.9 Å². The Labute approximate surface area is 218 Å². The summed E-state index contributed by atoms with van der Waals surface area (Å²) in [4.78, 5) is 31.4. The van der Waals surface area contributed by atoms with Crippen molar-refractivity contribution in [2.45, 2.75) is 58.1 Å². The minimum Gasteiger partial charge on any atom is -0.491 e. The van der Waals surface area contributed by atoms with Crippen LogP contribution in [0.1, 0.15) is 54.8 Å². The molecule has 0 aliphatic carbocycles. The molecule has 0 bridgehead atoms. The quantitative estimate of drug-likeness (QED) is 0.491. The fourth-order valence-electron chi connectivity index (χ4n) is 5.55. The van der Waals surface area contributed by atoms with Crippen molar-refractivity contribution in [3.05, 3.63) is 65.4 Å². The Morgan fingerprint density at radius 2 is 1.78 bits per heavy atom. The molecule has 3 aromatic rings. The molecule has 7 heteroatoms. The average Bonchev–Trinajstić information content (AvgIpc) is 3.24. The second-order valence-electron chi connectivity index (χ2n) is 10.4. The number of aryl methyl sites for hydroxylation is 2. The molecular formula is C30H36N2O5. The third-order valence-corrected chi connectivity index (χ3v) is 7.62. The highest BCUT2D eigenvalue weighted by molar-refractivity contribution is 5.99. The molecule has 3 heterocycles. The van der Waals surface area contributed by atoms with E-state index < -0.39 is 5.60 Å². The van der Waals surface area contributed by atoms with E-state index in [0.717, 1.165) is 36.0 Å². The molecule has 7 nitrogen and oxygen atoms in total. The van der Waals surface area contributed by atoms with Crippen LogP contribution in [0, 0.1) is 6.92 Å². The van der Waals surface area contributed by atoms with E-state index in [-0.39, 0.29) is 24.4 Å². The van der Waals surface area contributed by atoms with Gasteiger partial charge >= 0.3 is 0 Å². The van der Waals surface area contributed by atoms with E-state index in [0.29, 0.717) is 44.1 Å². The minimum absolute atomic E-state index is 0.0292. The lowest BCUT2D eigenvalue weighted by atomic mass is 9.90. The highest BCUT2D eigenvalue weighted by atomic mass is 16.5. The summed E-state index contributed by atoms with van der Waals surface area (Å²) < 4.78 is 18.4. The number of para-hydroxylation sites is 2.